The van der Waals surface area contributed by atoms with Crippen molar-refractivity contribution in [3.8, 4) is 0 Å². The third-order valence-corrected chi connectivity index (χ3v) is 3.29. The summed E-state index contributed by atoms with van der Waals surface area (Å²) in [6.07, 6.45) is 0.880. The predicted octanol–water partition coefficient (Wildman–Crippen LogP) is 3.36. The van der Waals surface area contributed by atoms with Gasteiger partial charge in [0.2, 0.25) is 0 Å². The molecule has 0 aliphatic carbocycles. The van der Waals surface area contributed by atoms with Crippen LogP contribution in [0.1, 0.15) is 31.4 Å². The topological polar surface area (TPSA) is 49.3 Å². The van der Waals surface area contributed by atoms with Crippen molar-refractivity contribution in [1.82, 2.24) is 5.32 Å². The van der Waals surface area contributed by atoms with Gasteiger partial charge in [0.15, 0.2) is 0 Å². The molecule has 0 aromatic heterocycles. The Morgan fingerprint density at radius 2 is 1.95 bits per heavy atom. The average molecular weight is 257 g/mol. The van der Waals surface area contributed by atoms with E-state index in [9.17, 15) is 4.79 Å². The summed E-state index contributed by atoms with van der Waals surface area (Å²) in [4.78, 5) is 10.4. The van der Waals surface area contributed by atoms with Crippen molar-refractivity contribution in [3.05, 3.63) is 48.0 Å². The minimum absolute atomic E-state index is 0.220. The SMILES string of the molecule is CC(NCCCC(=O)O)c1ccc2ccccc2c1. The lowest BCUT2D eigenvalue weighted by Gasteiger charge is -2.14. The number of rotatable bonds is 6. The van der Waals surface area contributed by atoms with E-state index in [-0.39, 0.29) is 12.5 Å². The normalized spacial score (nSPS) is 12.5. The maximum atomic E-state index is 10.4. The molecule has 2 N–H and O–H groups in total. The summed E-state index contributed by atoms with van der Waals surface area (Å²) < 4.78 is 0. The molecule has 2 rings (SSSR count). The van der Waals surface area contributed by atoms with Gasteiger partial charge in [0.1, 0.15) is 0 Å². The first kappa shape index (κ1) is 13.6. The second kappa shape index (κ2) is 6.34. The third-order valence-electron chi connectivity index (χ3n) is 3.29. The number of benzene rings is 2. The summed E-state index contributed by atoms with van der Waals surface area (Å²) in [6, 6.07) is 15.0. The first-order valence-corrected chi connectivity index (χ1v) is 6.60. The molecule has 3 heteroatoms. The average Bonchev–Trinajstić information content (AvgIpc) is 2.42. The number of fused-ring (bicyclic) bond motifs is 1. The summed E-state index contributed by atoms with van der Waals surface area (Å²) in [5.41, 5.74) is 1.23. The quantitative estimate of drug-likeness (QED) is 0.780. The van der Waals surface area contributed by atoms with Crippen molar-refractivity contribution in [2.75, 3.05) is 6.54 Å². The van der Waals surface area contributed by atoms with Crippen molar-refractivity contribution in [1.29, 1.82) is 0 Å². The highest BCUT2D eigenvalue weighted by Gasteiger charge is 2.05. The van der Waals surface area contributed by atoms with Crippen LogP contribution < -0.4 is 5.32 Å². The summed E-state index contributed by atoms with van der Waals surface area (Å²) in [6.45, 7) is 2.82. The zero-order valence-electron chi connectivity index (χ0n) is 11.1. The van der Waals surface area contributed by atoms with Crippen LogP contribution in [-0.4, -0.2) is 17.6 Å². The molecule has 1 atom stereocenters. The molecule has 0 aliphatic rings. The second-order valence-corrected chi connectivity index (χ2v) is 4.78. The minimum Gasteiger partial charge on any atom is -0.481 e. The molecule has 0 bridgehead atoms. The molecule has 19 heavy (non-hydrogen) atoms. The summed E-state index contributed by atoms with van der Waals surface area (Å²) >= 11 is 0. The van der Waals surface area contributed by atoms with Crippen molar-refractivity contribution in [2.45, 2.75) is 25.8 Å². The molecule has 100 valence electrons. The first-order chi connectivity index (χ1) is 9.16. The summed E-state index contributed by atoms with van der Waals surface area (Å²) in [5, 5.41) is 14.4. The van der Waals surface area contributed by atoms with E-state index in [1.165, 1.54) is 16.3 Å². The Bertz CT molecular complexity index is 565. The Kier molecular flexibility index (Phi) is 4.53. The van der Waals surface area contributed by atoms with Crippen LogP contribution in [0.4, 0.5) is 0 Å². The number of carbonyl (C=O) groups is 1. The van der Waals surface area contributed by atoms with Crippen LogP contribution in [-0.2, 0) is 4.79 Å². The van der Waals surface area contributed by atoms with Gasteiger partial charge in [0, 0.05) is 12.5 Å². The molecule has 3 nitrogen and oxygen atoms in total. The van der Waals surface area contributed by atoms with E-state index in [0.29, 0.717) is 6.42 Å². The highest BCUT2D eigenvalue weighted by atomic mass is 16.4. The Balaban J connectivity index is 1.97. The number of carboxylic acids is 1. The molecule has 2 aromatic rings. The highest BCUT2D eigenvalue weighted by molar-refractivity contribution is 5.83. The van der Waals surface area contributed by atoms with Crippen molar-refractivity contribution in [3.63, 3.8) is 0 Å². The standard InChI is InChI=1S/C16H19NO2/c1-12(17-10-4-7-16(18)19)14-9-8-13-5-2-3-6-15(13)11-14/h2-3,5-6,8-9,11-12,17H,4,7,10H2,1H3,(H,18,19). The largest absolute Gasteiger partial charge is 0.481 e. The van der Waals surface area contributed by atoms with Crippen LogP contribution in [0.2, 0.25) is 0 Å². The smallest absolute Gasteiger partial charge is 0.303 e. The Labute approximate surface area is 113 Å². The fourth-order valence-corrected chi connectivity index (χ4v) is 2.15. The number of hydrogen-bond acceptors (Lipinski definition) is 2. The lowest BCUT2D eigenvalue weighted by Crippen LogP contribution is -2.20. The summed E-state index contributed by atoms with van der Waals surface area (Å²) in [7, 11) is 0. The monoisotopic (exact) mass is 257 g/mol. The Morgan fingerprint density at radius 3 is 2.68 bits per heavy atom. The van der Waals surface area contributed by atoms with Gasteiger partial charge in [-0.25, -0.2) is 0 Å². The van der Waals surface area contributed by atoms with Gasteiger partial charge in [0.05, 0.1) is 0 Å². The molecule has 0 saturated carbocycles. The van der Waals surface area contributed by atoms with Crippen molar-refractivity contribution < 1.29 is 9.90 Å². The van der Waals surface area contributed by atoms with Crippen LogP contribution in [0.25, 0.3) is 10.8 Å². The van der Waals surface area contributed by atoms with Crippen LogP contribution in [0.15, 0.2) is 42.5 Å². The Morgan fingerprint density at radius 1 is 1.21 bits per heavy atom. The van der Waals surface area contributed by atoms with Gasteiger partial charge >= 0.3 is 5.97 Å². The molecule has 2 aromatic carbocycles. The maximum absolute atomic E-state index is 10.4. The second-order valence-electron chi connectivity index (χ2n) is 4.78. The number of nitrogens with one attached hydrogen (secondary N) is 1. The maximum Gasteiger partial charge on any atom is 0.303 e. The van der Waals surface area contributed by atoms with Crippen LogP contribution in [0, 0.1) is 0 Å². The molecule has 0 saturated heterocycles. The van der Waals surface area contributed by atoms with E-state index in [1.54, 1.807) is 0 Å². The first-order valence-electron chi connectivity index (χ1n) is 6.60. The lowest BCUT2D eigenvalue weighted by molar-refractivity contribution is -0.137. The minimum atomic E-state index is -0.736. The van der Waals surface area contributed by atoms with Crippen LogP contribution in [0.3, 0.4) is 0 Å². The fourth-order valence-electron chi connectivity index (χ4n) is 2.15. The number of aliphatic carboxylic acids is 1. The number of carboxylic acid groups (broad SMARTS) is 1. The van der Waals surface area contributed by atoms with E-state index < -0.39 is 5.97 Å². The van der Waals surface area contributed by atoms with Crippen LogP contribution >= 0.6 is 0 Å². The van der Waals surface area contributed by atoms with Crippen molar-refractivity contribution >= 4 is 16.7 Å². The van der Waals surface area contributed by atoms with E-state index in [4.69, 9.17) is 5.11 Å². The van der Waals surface area contributed by atoms with Gasteiger partial charge in [-0.3, -0.25) is 4.79 Å². The molecule has 0 radical (unpaired) electrons. The molecular weight excluding hydrogens is 238 g/mol. The molecule has 1 unspecified atom stereocenters. The fraction of sp³-hybridized carbons (Fsp3) is 0.312. The van der Waals surface area contributed by atoms with E-state index in [2.05, 4.69) is 42.6 Å². The van der Waals surface area contributed by atoms with Gasteiger partial charge in [0.25, 0.3) is 0 Å². The van der Waals surface area contributed by atoms with E-state index >= 15 is 0 Å². The zero-order valence-corrected chi connectivity index (χ0v) is 11.1. The van der Waals surface area contributed by atoms with Gasteiger partial charge in [-0.15, -0.1) is 0 Å². The lowest BCUT2D eigenvalue weighted by atomic mass is 10.0. The highest BCUT2D eigenvalue weighted by Crippen LogP contribution is 2.20. The number of hydrogen-bond donors (Lipinski definition) is 2. The molecular formula is C16H19NO2. The van der Waals surface area contributed by atoms with E-state index in [1.807, 2.05) is 12.1 Å². The molecule has 0 spiro atoms. The zero-order chi connectivity index (χ0) is 13.7. The molecule has 0 amide bonds. The molecule has 0 fully saturated rings. The molecule has 0 aliphatic heterocycles. The van der Waals surface area contributed by atoms with Gasteiger partial charge < -0.3 is 10.4 Å². The van der Waals surface area contributed by atoms with Gasteiger partial charge in [-0.1, -0.05) is 36.4 Å². The van der Waals surface area contributed by atoms with Crippen molar-refractivity contribution in [2.24, 2.45) is 0 Å². The van der Waals surface area contributed by atoms with Gasteiger partial charge in [-0.05, 0) is 42.3 Å². The third kappa shape index (κ3) is 3.80. The predicted molar refractivity (Wildman–Crippen MR) is 77.2 cm³/mol. The van der Waals surface area contributed by atoms with E-state index in [0.717, 1.165) is 6.54 Å². The molecule has 0 heterocycles. The van der Waals surface area contributed by atoms with Crippen LogP contribution in [0.5, 0.6) is 0 Å². The van der Waals surface area contributed by atoms with Gasteiger partial charge in [-0.2, -0.15) is 0 Å². The Hall–Kier alpha value is -1.87. The summed E-state index contributed by atoms with van der Waals surface area (Å²) in [5.74, 6) is -0.736.